The number of hydrogen-bond donors (Lipinski definition) is 2. The van der Waals surface area contributed by atoms with Gasteiger partial charge in [0, 0.05) is 18.9 Å². The first-order valence-electron chi connectivity index (χ1n) is 9.41. The minimum absolute atomic E-state index is 0.0877. The minimum Gasteiger partial charge on any atom is -0.497 e. The van der Waals surface area contributed by atoms with Crippen molar-refractivity contribution in [3.05, 3.63) is 72.1 Å². The van der Waals surface area contributed by atoms with Crippen molar-refractivity contribution in [2.75, 3.05) is 13.7 Å². The Morgan fingerprint density at radius 3 is 2.72 bits per heavy atom. The zero-order valence-corrected chi connectivity index (χ0v) is 16.9. The van der Waals surface area contributed by atoms with Crippen LogP contribution in [0.2, 0.25) is 0 Å². The number of aromatic nitrogens is 2. The molecule has 0 bridgehead atoms. The molecule has 3 aromatic rings. The van der Waals surface area contributed by atoms with E-state index in [1.54, 1.807) is 48.5 Å². The highest BCUT2D eigenvalue weighted by Gasteiger charge is 2.35. The zero-order chi connectivity index (χ0) is 20.5. The molecule has 0 fully saturated rings. The lowest BCUT2D eigenvalue weighted by Gasteiger charge is -2.34. The maximum atomic E-state index is 12.8. The van der Waals surface area contributed by atoms with Crippen molar-refractivity contribution in [2.45, 2.75) is 29.8 Å². The number of aryl methyl sites for hydroxylation is 1. The number of rotatable bonds is 6. The van der Waals surface area contributed by atoms with Crippen LogP contribution in [0.1, 0.15) is 24.0 Å². The summed E-state index contributed by atoms with van der Waals surface area (Å²) in [5, 5.41) is 15.3. The van der Waals surface area contributed by atoms with Crippen molar-refractivity contribution in [1.82, 2.24) is 14.5 Å². The number of hydrogen-bond acceptors (Lipinski definition) is 5. The lowest BCUT2D eigenvalue weighted by molar-refractivity contribution is 0.0242. The molecule has 0 radical (unpaired) electrons. The maximum Gasteiger partial charge on any atom is 0.240 e. The summed E-state index contributed by atoms with van der Waals surface area (Å²) in [4.78, 5) is 0.141. The fraction of sp³-hybridized carbons (Fsp3) is 0.286. The van der Waals surface area contributed by atoms with E-state index in [-0.39, 0.29) is 11.4 Å². The molecular formula is C21H23N3O4S. The molecule has 1 aliphatic rings. The van der Waals surface area contributed by atoms with Crippen LogP contribution >= 0.6 is 0 Å². The van der Waals surface area contributed by atoms with Crippen LogP contribution in [0, 0.1) is 0 Å². The van der Waals surface area contributed by atoms with E-state index in [0.717, 1.165) is 35.4 Å². The Labute approximate surface area is 170 Å². The Morgan fingerprint density at radius 1 is 1.24 bits per heavy atom. The number of nitrogens with zero attached hydrogens (tertiary/aromatic N) is 2. The van der Waals surface area contributed by atoms with Gasteiger partial charge in [0.1, 0.15) is 11.4 Å². The fourth-order valence-corrected chi connectivity index (χ4v) is 4.83. The molecule has 0 amide bonds. The summed E-state index contributed by atoms with van der Waals surface area (Å²) in [5.41, 5.74) is 1.26. The molecule has 1 atom stereocenters. The number of sulfonamides is 1. The van der Waals surface area contributed by atoms with Crippen molar-refractivity contribution < 1.29 is 18.3 Å². The van der Waals surface area contributed by atoms with Gasteiger partial charge < -0.3 is 9.84 Å². The first kappa shape index (κ1) is 19.6. The molecule has 8 heteroatoms. The maximum absolute atomic E-state index is 12.8. The Bertz CT molecular complexity index is 1100. The van der Waals surface area contributed by atoms with Gasteiger partial charge in [0.05, 0.1) is 17.7 Å². The number of aliphatic hydroxyl groups is 1. The molecule has 0 unspecified atom stereocenters. The summed E-state index contributed by atoms with van der Waals surface area (Å²) >= 11 is 0. The molecule has 0 spiro atoms. The van der Waals surface area contributed by atoms with Crippen LogP contribution in [-0.4, -0.2) is 37.0 Å². The highest BCUT2D eigenvalue weighted by molar-refractivity contribution is 7.89. The number of methoxy groups -OCH3 is 1. The van der Waals surface area contributed by atoms with E-state index < -0.39 is 15.6 Å². The van der Waals surface area contributed by atoms with Gasteiger partial charge in [-0.05, 0) is 72.9 Å². The lowest BCUT2D eigenvalue weighted by atomic mass is 9.79. The second-order valence-corrected chi connectivity index (χ2v) is 8.94. The van der Waals surface area contributed by atoms with E-state index in [9.17, 15) is 13.5 Å². The van der Waals surface area contributed by atoms with Crippen LogP contribution in [0.4, 0.5) is 0 Å². The first-order valence-corrected chi connectivity index (χ1v) is 10.9. The van der Waals surface area contributed by atoms with Crippen molar-refractivity contribution in [1.29, 1.82) is 0 Å². The normalized spacial score (nSPS) is 19.0. The van der Waals surface area contributed by atoms with E-state index in [1.807, 2.05) is 12.1 Å². The van der Waals surface area contributed by atoms with E-state index in [1.165, 1.54) is 12.1 Å². The number of nitrogens with one attached hydrogen (secondary N) is 1. The number of benzene rings is 2. The summed E-state index contributed by atoms with van der Waals surface area (Å²) in [7, 11) is -2.16. The van der Waals surface area contributed by atoms with Crippen LogP contribution in [0.5, 0.6) is 5.75 Å². The monoisotopic (exact) mass is 413 g/mol. The summed E-state index contributed by atoms with van der Waals surface area (Å²) in [6, 6.07) is 13.8. The molecule has 0 saturated heterocycles. The quantitative estimate of drug-likeness (QED) is 0.647. The average molecular weight is 413 g/mol. The Morgan fingerprint density at radius 2 is 2.03 bits per heavy atom. The molecule has 4 rings (SSSR count). The zero-order valence-electron chi connectivity index (χ0n) is 16.1. The third-order valence-electron chi connectivity index (χ3n) is 5.32. The predicted molar refractivity (Wildman–Crippen MR) is 109 cm³/mol. The summed E-state index contributed by atoms with van der Waals surface area (Å²) < 4.78 is 35.0. The van der Waals surface area contributed by atoms with Crippen LogP contribution in [0.3, 0.4) is 0 Å². The van der Waals surface area contributed by atoms with Crippen molar-refractivity contribution >= 4 is 10.0 Å². The van der Waals surface area contributed by atoms with Gasteiger partial charge >= 0.3 is 0 Å². The van der Waals surface area contributed by atoms with Crippen LogP contribution < -0.4 is 9.46 Å². The van der Waals surface area contributed by atoms with E-state index in [2.05, 4.69) is 9.82 Å². The second kappa shape index (κ2) is 7.62. The standard InChI is InChI=1S/C21H23N3O4S/c1-28-18-7-10-20-16(14-18)4-2-11-21(20,25)15-23-29(26,27)19-8-5-17(6-9-19)24-13-3-12-22-24/h3,5-10,12-14,23,25H,2,4,11,15H2,1H3/t21-/m0/s1. The van der Waals surface area contributed by atoms with Crippen molar-refractivity contribution in [3.8, 4) is 11.4 Å². The largest absolute Gasteiger partial charge is 0.497 e. The minimum atomic E-state index is -3.76. The van der Waals surface area contributed by atoms with E-state index in [0.29, 0.717) is 6.42 Å². The highest BCUT2D eigenvalue weighted by Crippen LogP contribution is 2.36. The number of ether oxygens (including phenoxy) is 1. The van der Waals surface area contributed by atoms with Gasteiger partial charge in [0.15, 0.2) is 0 Å². The molecule has 7 nitrogen and oxygen atoms in total. The summed E-state index contributed by atoms with van der Waals surface area (Å²) in [6.07, 6.45) is 5.54. The van der Waals surface area contributed by atoms with Gasteiger partial charge in [-0.25, -0.2) is 17.8 Å². The number of fused-ring (bicyclic) bond motifs is 1. The first-order chi connectivity index (χ1) is 13.9. The molecule has 1 heterocycles. The molecule has 152 valence electrons. The molecule has 2 aromatic carbocycles. The smallest absolute Gasteiger partial charge is 0.240 e. The van der Waals surface area contributed by atoms with Gasteiger partial charge in [-0.1, -0.05) is 6.07 Å². The molecule has 2 N–H and O–H groups in total. The Hall–Kier alpha value is -2.68. The predicted octanol–water partition coefficient (Wildman–Crippen LogP) is 2.38. The lowest BCUT2D eigenvalue weighted by Crippen LogP contribution is -2.42. The van der Waals surface area contributed by atoms with Gasteiger partial charge in [0.25, 0.3) is 0 Å². The van der Waals surface area contributed by atoms with Crippen molar-refractivity contribution in [3.63, 3.8) is 0 Å². The van der Waals surface area contributed by atoms with E-state index in [4.69, 9.17) is 4.74 Å². The molecule has 29 heavy (non-hydrogen) atoms. The molecular weight excluding hydrogens is 390 g/mol. The summed E-state index contributed by atoms with van der Waals surface area (Å²) in [6.45, 7) is -0.0877. The second-order valence-electron chi connectivity index (χ2n) is 7.18. The molecule has 0 saturated carbocycles. The van der Waals surface area contributed by atoms with Gasteiger partial charge in [-0.15, -0.1) is 0 Å². The topological polar surface area (TPSA) is 93.5 Å². The Kier molecular flexibility index (Phi) is 5.16. The third-order valence-corrected chi connectivity index (χ3v) is 6.74. The average Bonchev–Trinajstić information content (AvgIpc) is 3.27. The third kappa shape index (κ3) is 3.91. The molecule has 1 aromatic heterocycles. The van der Waals surface area contributed by atoms with Gasteiger partial charge in [0.2, 0.25) is 10.0 Å². The van der Waals surface area contributed by atoms with Crippen LogP contribution in [-0.2, 0) is 22.0 Å². The highest BCUT2D eigenvalue weighted by atomic mass is 32.2. The van der Waals surface area contributed by atoms with Crippen LogP contribution in [0.15, 0.2) is 65.8 Å². The molecule has 0 aliphatic heterocycles. The Balaban J connectivity index is 1.52. The van der Waals surface area contributed by atoms with Crippen LogP contribution in [0.25, 0.3) is 5.69 Å². The van der Waals surface area contributed by atoms with Gasteiger partial charge in [-0.2, -0.15) is 5.10 Å². The van der Waals surface area contributed by atoms with E-state index >= 15 is 0 Å². The summed E-state index contributed by atoms with van der Waals surface area (Å²) in [5.74, 6) is 0.728. The van der Waals surface area contributed by atoms with Gasteiger partial charge in [-0.3, -0.25) is 0 Å². The van der Waals surface area contributed by atoms with Crippen molar-refractivity contribution in [2.24, 2.45) is 0 Å². The fourth-order valence-electron chi connectivity index (χ4n) is 3.74. The SMILES string of the molecule is COc1ccc2c(c1)CCC[C@]2(O)CNS(=O)(=O)c1ccc(-n2cccn2)cc1. The molecule has 1 aliphatic carbocycles.